The van der Waals surface area contributed by atoms with Crippen LogP contribution in [-0.4, -0.2) is 28.4 Å². The molecule has 1 fully saturated rings. The van der Waals surface area contributed by atoms with Gasteiger partial charge in [-0.1, -0.05) is 30.3 Å². The van der Waals surface area contributed by atoms with E-state index in [4.69, 9.17) is 0 Å². The van der Waals surface area contributed by atoms with Crippen LogP contribution in [-0.2, 0) is 16.8 Å². The topological polar surface area (TPSA) is 62.3 Å². The zero-order valence-corrected chi connectivity index (χ0v) is 13.2. The molecule has 3 rings (SSSR count). The predicted octanol–water partition coefficient (Wildman–Crippen LogP) is 2.40. The molecule has 118 valence electrons. The lowest BCUT2D eigenvalue weighted by molar-refractivity contribution is -0.131. The number of aryl methyl sites for hydroxylation is 1. The van der Waals surface area contributed by atoms with Gasteiger partial charge in [-0.2, -0.15) is 0 Å². The number of nitrogens with zero attached hydrogens (tertiary/aromatic N) is 2. The maximum absolute atomic E-state index is 12.8. The van der Waals surface area contributed by atoms with Gasteiger partial charge in [0.2, 0.25) is 0 Å². The van der Waals surface area contributed by atoms with Crippen LogP contribution in [0.5, 0.6) is 0 Å². The van der Waals surface area contributed by atoms with Gasteiger partial charge in [-0.05, 0) is 43.0 Å². The van der Waals surface area contributed by atoms with Crippen molar-refractivity contribution in [1.29, 1.82) is 0 Å². The molecular weight excluding hydrogens is 290 g/mol. The van der Waals surface area contributed by atoms with Gasteiger partial charge < -0.3 is 5.32 Å². The molecule has 0 radical (unpaired) electrons. The minimum Gasteiger partial charge on any atom is -0.319 e. The number of urea groups is 1. The molecule has 1 unspecified atom stereocenters. The normalized spacial score (nSPS) is 20.7. The minimum atomic E-state index is -1.00. The third-order valence-corrected chi connectivity index (χ3v) is 4.31. The lowest BCUT2D eigenvalue weighted by Gasteiger charge is -2.24. The van der Waals surface area contributed by atoms with Crippen LogP contribution in [0.2, 0.25) is 0 Å². The summed E-state index contributed by atoms with van der Waals surface area (Å²) in [6.45, 7) is 4.05. The van der Waals surface area contributed by atoms with E-state index in [0.717, 1.165) is 16.7 Å². The van der Waals surface area contributed by atoms with Crippen LogP contribution in [0.25, 0.3) is 0 Å². The van der Waals surface area contributed by atoms with Crippen molar-refractivity contribution in [1.82, 2.24) is 15.2 Å². The van der Waals surface area contributed by atoms with Crippen molar-refractivity contribution in [3.63, 3.8) is 0 Å². The Morgan fingerprint density at radius 2 is 1.96 bits per heavy atom. The fraction of sp³-hybridized carbons (Fsp3) is 0.278. The molecule has 1 aliphatic rings. The Balaban J connectivity index is 1.81. The van der Waals surface area contributed by atoms with Crippen LogP contribution in [0.4, 0.5) is 4.79 Å². The third kappa shape index (κ3) is 2.70. The molecule has 1 aromatic heterocycles. The number of carbonyl (C=O) groups excluding carboxylic acids is 2. The summed E-state index contributed by atoms with van der Waals surface area (Å²) in [6.07, 6.45) is 4.04. The van der Waals surface area contributed by atoms with Gasteiger partial charge in [-0.3, -0.25) is 14.7 Å². The zero-order valence-electron chi connectivity index (χ0n) is 13.2. The molecule has 23 heavy (non-hydrogen) atoms. The van der Waals surface area contributed by atoms with Crippen LogP contribution in [0, 0.1) is 6.92 Å². The SMILES string of the molecule is Cc1ccccc1C1(C)NC(=O)N(CCc2cccnc2)C1=O. The highest BCUT2D eigenvalue weighted by Crippen LogP contribution is 2.30. The monoisotopic (exact) mass is 309 g/mol. The predicted molar refractivity (Wildman–Crippen MR) is 86.7 cm³/mol. The number of aromatic nitrogens is 1. The number of benzene rings is 1. The van der Waals surface area contributed by atoms with Crippen LogP contribution < -0.4 is 5.32 Å². The second-order valence-corrected chi connectivity index (χ2v) is 5.94. The summed E-state index contributed by atoms with van der Waals surface area (Å²) < 4.78 is 0. The largest absolute Gasteiger partial charge is 0.325 e. The van der Waals surface area contributed by atoms with E-state index in [-0.39, 0.29) is 11.9 Å². The van der Waals surface area contributed by atoms with Gasteiger partial charge in [0.25, 0.3) is 5.91 Å². The van der Waals surface area contributed by atoms with E-state index >= 15 is 0 Å². The Labute approximate surface area is 135 Å². The van der Waals surface area contributed by atoms with Gasteiger partial charge in [0.15, 0.2) is 0 Å². The maximum atomic E-state index is 12.8. The van der Waals surface area contributed by atoms with Crippen molar-refractivity contribution in [2.24, 2.45) is 0 Å². The average Bonchev–Trinajstić information content (AvgIpc) is 2.77. The molecule has 5 nitrogen and oxygen atoms in total. The standard InChI is InChI=1S/C18H19N3O2/c1-13-6-3-4-8-15(13)18(2)16(22)21(17(23)20-18)11-9-14-7-5-10-19-12-14/h3-8,10,12H,9,11H2,1-2H3,(H,20,23). The molecule has 1 aliphatic heterocycles. The van der Waals surface area contributed by atoms with Gasteiger partial charge >= 0.3 is 6.03 Å². The Hall–Kier alpha value is -2.69. The summed E-state index contributed by atoms with van der Waals surface area (Å²) in [5.74, 6) is -0.208. The van der Waals surface area contributed by atoms with Gasteiger partial charge in [0, 0.05) is 18.9 Å². The second-order valence-electron chi connectivity index (χ2n) is 5.94. The molecule has 1 N–H and O–H groups in total. The summed E-state index contributed by atoms with van der Waals surface area (Å²) in [5.41, 5.74) is 1.81. The summed E-state index contributed by atoms with van der Waals surface area (Å²) in [4.78, 5) is 30.5. The van der Waals surface area contributed by atoms with E-state index in [1.165, 1.54) is 4.90 Å². The summed E-state index contributed by atoms with van der Waals surface area (Å²) >= 11 is 0. The Bertz CT molecular complexity index is 745. The van der Waals surface area contributed by atoms with Crippen molar-refractivity contribution >= 4 is 11.9 Å². The molecule has 3 amide bonds. The number of imide groups is 1. The lowest BCUT2D eigenvalue weighted by Crippen LogP contribution is -2.41. The van der Waals surface area contributed by atoms with Crippen LogP contribution in [0.3, 0.4) is 0 Å². The molecule has 1 atom stereocenters. The number of hydrogen-bond donors (Lipinski definition) is 1. The fourth-order valence-corrected chi connectivity index (χ4v) is 3.00. The number of rotatable bonds is 4. The summed E-state index contributed by atoms with van der Waals surface area (Å²) in [5, 5.41) is 2.85. The van der Waals surface area contributed by atoms with Crippen molar-refractivity contribution in [2.75, 3.05) is 6.54 Å². The van der Waals surface area contributed by atoms with E-state index in [0.29, 0.717) is 13.0 Å². The molecule has 1 saturated heterocycles. The zero-order chi connectivity index (χ0) is 16.4. The molecule has 0 aliphatic carbocycles. The average molecular weight is 309 g/mol. The maximum Gasteiger partial charge on any atom is 0.325 e. The number of hydrogen-bond acceptors (Lipinski definition) is 3. The van der Waals surface area contributed by atoms with Crippen LogP contribution in [0.15, 0.2) is 48.8 Å². The summed E-state index contributed by atoms with van der Waals surface area (Å²) in [7, 11) is 0. The molecule has 5 heteroatoms. The molecular formula is C18H19N3O2. The minimum absolute atomic E-state index is 0.208. The van der Waals surface area contributed by atoms with Crippen molar-refractivity contribution in [3.05, 3.63) is 65.5 Å². The lowest BCUT2D eigenvalue weighted by atomic mass is 9.88. The molecule has 0 saturated carbocycles. The Morgan fingerprint density at radius 1 is 1.17 bits per heavy atom. The molecule has 0 bridgehead atoms. The number of pyridine rings is 1. The van der Waals surface area contributed by atoms with E-state index in [2.05, 4.69) is 10.3 Å². The van der Waals surface area contributed by atoms with Crippen molar-refractivity contribution in [3.8, 4) is 0 Å². The molecule has 1 aromatic carbocycles. The van der Waals surface area contributed by atoms with Gasteiger partial charge in [0.1, 0.15) is 5.54 Å². The van der Waals surface area contributed by atoms with E-state index < -0.39 is 5.54 Å². The second kappa shape index (κ2) is 5.83. The van der Waals surface area contributed by atoms with E-state index in [1.54, 1.807) is 19.3 Å². The number of amides is 3. The number of nitrogens with one attached hydrogen (secondary N) is 1. The highest BCUT2D eigenvalue weighted by molar-refractivity contribution is 6.07. The van der Waals surface area contributed by atoms with E-state index in [9.17, 15) is 9.59 Å². The Kier molecular flexibility index (Phi) is 3.86. The first-order valence-corrected chi connectivity index (χ1v) is 7.61. The molecule has 2 aromatic rings. The van der Waals surface area contributed by atoms with Gasteiger partial charge in [0.05, 0.1) is 0 Å². The van der Waals surface area contributed by atoms with Crippen LogP contribution in [0.1, 0.15) is 23.6 Å². The third-order valence-electron chi connectivity index (χ3n) is 4.31. The first kappa shape index (κ1) is 15.2. The van der Waals surface area contributed by atoms with Crippen molar-refractivity contribution in [2.45, 2.75) is 25.8 Å². The smallest absolute Gasteiger partial charge is 0.319 e. The van der Waals surface area contributed by atoms with Gasteiger partial charge in [-0.25, -0.2) is 4.79 Å². The Morgan fingerprint density at radius 3 is 2.65 bits per heavy atom. The first-order valence-electron chi connectivity index (χ1n) is 7.61. The van der Waals surface area contributed by atoms with Gasteiger partial charge in [-0.15, -0.1) is 0 Å². The van der Waals surface area contributed by atoms with Crippen molar-refractivity contribution < 1.29 is 9.59 Å². The summed E-state index contributed by atoms with van der Waals surface area (Å²) in [6, 6.07) is 11.1. The first-order chi connectivity index (χ1) is 11.0. The molecule has 0 spiro atoms. The quantitative estimate of drug-likeness (QED) is 0.882. The highest BCUT2D eigenvalue weighted by atomic mass is 16.2. The fourth-order valence-electron chi connectivity index (χ4n) is 3.00. The van der Waals surface area contributed by atoms with E-state index in [1.807, 2.05) is 43.3 Å². The highest BCUT2D eigenvalue weighted by Gasteiger charge is 2.49. The molecule has 2 heterocycles. The number of carbonyl (C=O) groups is 2. The van der Waals surface area contributed by atoms with Crippen LogP contribution >= 0.6 is 0 Å².